The lowest BCUT2D eigenvalue weighted by atomic mass is 10.2. The van der Waals surface area contributed by atoms with E-state index >= 15 is 0 Å². The molecule has 0 aromatic rings. The Bertz CT molecular complexity index is 179. The Morgan fingerprint density at radius 3 is 2.54 bits per heavy atom. The summed E-state index contributed by atoms with van der Waals surface area (Å²) in [6.45, 7) is 2.58. The van der Waals surface area contributed by atoms with Crippen LogP contribution in [-0.4, -0.2) is 6.61 Å². The van der Waals surface area contributed by atoms with Gasteiger partial charge in [-0.15, -0.1) is 0 Å². The molecule has 1 heterocycles. The molecule has 0 amide bonds. The van der Waals surface area contributed by atoms with Crippen molar-refractivity contribution >= 4 is 30.0 Å². The second-order valence-corrected chi connectivity index (χ2v) is 6.06. The first-order valence-electron chi connectivity index (χ1n) is 4.23. The van der Waals surface area contributed by atoms with Gasteiger partial charge in [-0.1, -0.05) is 26.2 Å². The molecule has 0 aliphatic carbocycles. The van der Waals surface area contributed by atoms with E-state index in [-0.39, 0.29) is 0 Å². The molecule has 1 aliphatic heterocycles. The molecular formula is C6H13O4PS2. The third-order valence-corrected chi connectivity index (χ3v) is 5.28. The zero-order valence-electron chi connectivity index (χ0n) is 7.43. The van der Waals surface area contributed by atoms with Gasteiger partial charge in [-0.05, 0) is 6.42 Å². The van der Waals surface area contributed by atoms with Gasteiger partial charge in [0, 0.05) is 0 Å². The molecule has 13 heavy (non-hydrogen) atoms. The van der Waals surface area contributed by atoms with Crippen LogP contribution in [0.3, 0.4) is 0 Å². The van der Waals surface area contributed by atoms with E-state index in [1.165, 1.54) is 12.8 Å². The Labute approximate surface area is 86.5 Å². The van der Waals surface area contributed by atoms with Crippen LogP contribution >= 0.6 is 30.0 Å². The molecule has 7 heteroatoms. The first kappa shape index (κ1) is 11.9. The molecule has 1 aliphatic rings. The van der Waals surface area contributed by atoms with E-state index in [0.29, 0.717) is 6.61 Å². The molecule has 0 atom stereocenters. The van der Waals surface area contributed by atoms with Crippen LogP contribution < -0.4 is 0 Å². The maximum Gasteiger partial charge on any atom is 0.498 e. The third kappa shape index (κ3) is 4.72. The van der Waals surface area contributed by atoms with Crippen LogP contribution in [0.15, 0.2) is 0 Å². The van der Waals surface area contributed by atoms with Crippen molar-refractivity contribution in [3.8, 4) is 0 Å². The zero-order valence-corrected chi connectivity index (χ0v) is 9.96. The summed E-state index contributed by atoms with van der Waals surface area (Å²) in [7, 11) is -3.19. The number of phosphoric acid groups is 1. The average Bonchev–Trinajstić information content (AvgIpc) is 2.53. The van der Waals surface area contributed by atoms with E-state index < -0.39 is 7.82 Å². The van der Waals surface area contributed by atoms with Crippen molar-refractivity contribution < 1.29 is 17.0 Å². The van der Waals surface area contributed by atoms with E-state index in [9.17, 15) is 4.57 Å². The van der Waals surface area contributed by atoms with Gasteiger partial charge in [-0.3, -0.25) is 4.52 Å². The van der Waals surface area contributed by atoms with Gasteiger partial charge in [0.1, 0.15) is 22.1 Å². The summed E-state index contributed by atoms with van der Waals surface area (Å²) in [6, 6.07) is 0. The molecule has 0 N–H and O–H groups in total. The highest BCUT2D eigenvalue weighted by Gasteiger charge is 2.34. The van der Waals surface area contributed by atoms with E-state index in [1.807, 2.05) is 0 Å². The second kappa shape index (κ2) is 6.32. The fourth-order valence-corrected chi connectivity index (χ4v) is 4.46. The first-order valence-corrected chi connectivity index (χ1v) is 7.69. The fraction of sp³-hybridized carbons (Fsp3) is 1.00. The van der Waals surface area contributed by atoms with Crippen molar-refractivity contribution in [3.63, 3.8) is 0 Å². The minimum absolute atomic E-state index is 0.443. The Morgan fingerprint density at radius 1 is 1.23 bits per heavy atom. The van der Waals surface area contributed by atoms with Crippen LogP contribution in [0.2, 0.25) is 0 Å². The Kier molecular flexibility index (Phi) is 5.78. The highest BCUT2D eigenvalue weighted by Crippen LogP contribution is 2.65. The van der Waals surface area contributed by atoms with Crippen LogP contribution in [0.25, 0.3) is 0 Å². The normalized spacial score (nSPS) is 20.7. The number of hydrogen-bond acceptors (Lipinski definition) is 6. The van der Waals surface area contributed by atoms with Crippen LogP contribution in [0.4, 0.5) is 0 Å². The largest absolute Gasteiger partial charge is 0.498 e. The lowest BCUT2D eigenvalue weighted by Gasteiger charge is -2.06. The van der Waals surface area contributed by atoms with Crippen molar-refractivity contribution in [1.29, 1.82) is 0 Å². The van der Waals surface area contributed by atoms with Gasteiger partial charge < -0.3 is 0 Å². The summed E-state index contributed by atoms with van der Waals surface area (Å²) in [5.74, 6) is 0. The number of unbranched alkanes of at least 4 members (excludes halogenated alkanes) is 3. The fourth-order valence-electron chi connectivity index (χ4n) is 0.860. The first-order chi connectivity index (χ1) is 6.27. The predicted octanol–water partition coefficient (Wildman–Crippen LogP) is 3.95. The van der Waals surface area contributed by atoms with Gasteiger partial charge in [-0.25, -0.2) is 12.5 Å². The van der Waals surface area contributed by atoms with Gasteiger partial charge in [0.15, 0.2) is 0 Å². The summed E-state index contributed by atoms with van der Waals surface area (Å²) < 4.78 is 25.8. The molecule has 1 fully saturated rings. The second-order valence-electron chi connectivity index (χ2n) is 2.63. The van der Waals surface area contributed by atoms with E-state index in [1.54, 1.807) is 0 Å². The Morgan fingerprint density at radius 2 is 1.92 bits per heavy atom. The molecule has 0 saturated carbocycles. The van der Waals surface area contributed by atoms with Gasteiger partial charge in [-0.2, -0.15) is 0 Å². The van der Waals surface area contributed by atoms with Crippen LogP contribution in [0.1, 0.15) is 32.6 Å². The molecule has 1 rings (SSSR count). The van der Waals surface area contributed by atoms with Crippen LogP contribution in [0.5, 0.6) is 0 Å². The molecule has 78 valence electrons. The van der Waals surface area contributed by atoms with Crippen LogP contribution in [0, 0.1) is 0 Å². The minimum Gasteiger partial charge on any atom is -0.286 e. The summed E-state index contributed by atoms with van der Waals surface area (Å²) in [6.07, 6.45) is 4.35. The van der Waals surface area contributed by atoms with Crippen molar-refractivity contribution in [2.24, 2.45) is 0 Å². The smallest absolute Gasteiger partial charge is 0.286 e. The molecule has 0 aromatic heterocycles. The summed E-state index contributed by atoms with van der Waals surface area (Å²) in [4.78, 5) is 0. The standard InChI is InChI=1S/C6H13O4PS2/c1-2-3-4-5-6-8-11(7)9-12-13-10-11/h2-6H2,1H3. The average molecular weight is 244 g/mol. The highest BCUT2D eigenvalue weighted by molar-refractivity contribution is 8.75. The van der Waals surface area contributed by atoms with Gasteiger partial charge >= 0.3 is 7.82 Å². The lowest BCUT2D eigenvalue weighted by Crippen LogP contribution is -1.92. The molecule has 0 radical (unpaired) electrons. The number of hydrogen-bond donors (Lipinski definition) is 0. The summed E-state index contributed by atoms with van der Waals surface area (Å²) >= 11 is 1.91. The third-order valence-electron chi connectivity index (χ3n) is 1.52. The van der Waals surface area contributed by atoms with Crippen molar-refractivity contribution in [2.75, 3.05) is 6.61 Å². The van der Waals surface area contributed by atoms with Crippen LogP contribution in [-0.2, 0) is 17.0 Å². The van der Waals surface area contributed by atoms with Gasteiger partial charge in [0.05, 0.1) is 6.61 Å². The van der Waals surface area contributed by atoms with Crippen molar-refractivity contribution in [2.45, 2.75) is 32.6 Å². The Balaban J connectivity index is 2.01. The maximum atomic E-state index is 11.3. The van der Waals surface area contributed by atoms with E-state index in [2.05, 4.69) is 6.92 Å². The van der Waals surface area contributed by atoms with Crippen molar-refractivity contribution in [1.82, 2.24) is 0 Å². The molecule has 1 saturated heterocycles. The lowest BCUT2D eigenvalue weighted by molar-refractivity contribution is 0.227. The van der Waals surface area contributed by atoms with E-state index in [0.717, 1.165) is 35.0 Å². The molecule has 0 spiro atoms. The molecule has 4 nitrogen and oxygen atoms in total. The predicted molar refractivity (Wildman–Crippen MR) is 55.1 cm³/mol. The van der Waals surface area contributed by atoms with E-state index in [4.69, 9.17) is 12.5 Å². The summed E-state index contributed by atoms with van der Waals surface area (Å²) in [5.41, 5.74) is 0. The topological polar surface area (TPSA) is 44.8 Å². The molecule has 0 bridgehead atoms. The van der Waals surface area contributed by atoms with Gasteiger partial charge in [0.25, 0.3) is 0 Å². The quantitative estimate of drug-likeness (QED) is 0.305. The minimum atomic E-state index is -3.19. The SMILES string of the molecule is CCCCCCOP1(=O)OSSO1. The summed E-state index contributed by atoms with van der Waals surface area (Å²) in [5, 5.41) is 0. The zero-order chi connectivity index (χ0) is 9.57. The molecule has 0 unspecified atom stereocenters. The van der Waals surface area contributed by atoms with Crippen molar-refractivity contribution in [3.05, 3.63) is 0 Å². The molecular weight excluding hydrogens is 231 g/mol. The highest BCUT2D eigenvalue weighted by atomic mass is 33.1. The van der Waals surface area contributed by atoms with Gasteiger partial charge in [0.2, 0.25) is 0 Å². The number of rotatable bonds is 6. The monoisotopic (exact) mass is 244 g/mol. The Hall–Kier alpha value is 0.810. The maximum absolute atomic E-state index is 11.3. The molecule has 0 aromatic carbocycles.